The molecule has 2 rings (SSSR count). The minimum absolute atomic E-state index is 0.750. The largest absolute Gasteiger partial charge is 0.231 e. The van der Waals surface area contributed by atoms with Crippen LogP contribution in [0.4, 0.5) is 0 Å². The molecule has 2 aliphatic rings. The van der Waals surface area contributed by atoms with E-state index in [9.17, 15) is 0 Å². The quantitative estimate of drug-likeness (QED) is 0.489. The predicted molar refractivity (Wildman–Crippen MR) is 60.7 cm³/mol. The Balaban J connectivity index is 0.000000321. The third-order valence-corrected chi connectivity index (χ3v) is 3.47. The lowest BCUT2D eigenvalue weighted by Crippen LogP contribution is -2.22. The van der Waals surface area contributed by atoms with Crippen molar-refractivity contribution in [3.05, 3.63) is 0 Å². The van der Waals surface area contributed by atoms with Crippen LogP contribution in [0.15, 0.2) is 0 Å². The van der Waals surface area contributed by atoms with Crippen LogP contribution in [0.5, 0.6) is 0 Å². The molecule has 4 nitrogen and oxygen atoms in total. The van der Waals surface area contributed by atoms with Crippen LogP contribution in [0.3, 0.4) is 0 Å². The van der Waals surface area contributed by atoms with Gasteiger partial charge in [0.1, 0.15) is 0 Å². The second kappa shape index (κ2) is 10.3. The minimum atomic E-state index is 0.750. The molecule has 0 aromatic heterocycles. The zero-order valence-corrected chi connectivity index (χ0v) is 9.63. The number of hydrogen-bond donors (Lipinski definition) is 2. The molecular weight excluding hydrogens is 204 g/mol. The highest BCUT2D eigenvalue weighted by Gasteiger charge is 2.26. The van der Waals surface area contributed by atoms with Crippen molar-refractivity contribution in [1.82, 2.24) is 0 Å². The Bertz CT molecular complexity index is 203. The predicted octanol–water partition coefficient (Wildman–Crippen LogP) is 3.17. The van der Waals surface area contributed by atoms with E-state index in [0.717, 1.165) is 24.0 Å². The Kier molecular flexibility index (Phi) is 9.49. The van der Waals surface area contributed by atoms with Crippen LogP contribution in [0.2, 0.25) is 0 Å². The van der Waals surface area contributed by atoms with Gasteiger partial charge in [0.25, 0.3) is 0 Å². The zero-order chi connectivity index (χ0) is 12.2. The standard InChI is InChI=1S/C10H18.2CHNO/c1-2-6-10-8-4-3-7-9(10)5-1;2*2-1-3/h9-10H,1-8H2;2*2H. The second-order valence-corrected chi connectivity index (χ2v) is 4.29. The fraction of sp³-hybridized carbons (Fsp3) is 0.833. The van der Waals surface area contributed by atoms with Crippen molar-refractivity contribution in [3.8, 4) is 0 Å². The van der Waals surface area contributed by atoms with E-state index in [2.05, 4.69) is 0 Å². The van der Waals surface area contributed by atoms with Crippen LogP contribution in [0.1, 0.15) is 51.4 Å². The van der Waals surface area contributed by atoms with Crippen LogP contribution >= 0.6 is 0 Å². The third kappa shape index (κ3) is 6.28. The highest BCUT2D eigenvalue weighted by atomic mass is 16.1. The summed E-state index contributed by atoms with van der Waals surface area (Å²) in [4.78, 5) is 16.7. The lowest BCUT2D eigenvalue weighted by molar-refractivity contribution is 0.171. The fourth-order valence-corrected chi connectivity index (χ4v) is 2.86. The first-order valence-corrected chi connectivity index (χ1v) is 5.87. The molecule has 0 bridgehead atoms. The number of rotatable bonds is 0. The summed E-state index contributed by atoms with van der Waals surface area (Å²) in [6.45, 7) is 0. The van der Waals surface area contributed by atoms with Crippen molar-refractivity contribution in [1.29, 1.82) is 10.8 Å². The van der Waals surface area contributed by atoms with Gasteiger partial charge >= 0.3 is 0 Å². The molecule has 0 amide bonds. The third-order valence-electron chi connectivity index (χ3n) is 3.47. The van der Waals surface area contributed by atoms with E-state index in [1.54, 1.807) is 25.7 Å². The van der Waals surface area contributed by atoms with E-state index in [0.29, 0.717) is 0 Å². The average molecular weight is 224 g/mol. The average Bonchev–Trinajstić information content (AvgIpc) is 2.31. The smallest absolute Gasteiger partial charge is 0.222 e. The summed E-state index contributed by atoms with van der Waals surface area (Å²) in [6, 6.07) is 0. The van der Waals surface area contributed by atoms with Crippen molar-refractivity contribution in [3.63, 3.8) is 0 Å². The molecule has 0 atom stereocenters. The molecule has 90 valence electrons. The molecule has 16 heavy (non-hydrogen) atoms. The van der Waals surface area contributed by atoms with Crippen molar-refractivity contribution in [2.75, 3.05) is 0 Å². The minimum Gasteiger partial charge on any atom is -0.222 e. The molecule has 0 aromatic rings. The van der Waals surface area contributed by atoms with Gasteiger partial charge < -0.3 is 0 Å². The molecule has 4 heteroatoms. The topological polar surface area (TPSA) is 81.8 Å². The molecule has 2 aliphatic carbocycles. The van der Waals surface area contributed by atoms with Crippen LogP contribution in [0.25, 0.3) is 0 Å². The summed E-state index contributed by atoms with van der Waals surface area (Å²) in [6.07, 6.45) is 13.9. The molecule has 2 saturated carbocycles. The first kappa shape index (κ1) is 14.8. The highest BCUT2D eigenvalue weighted by Crippen LogP contribution is 2.39. The number of nitrogens with one attached hydrogen (secondary N) is 2. The molecule has 2 fully saturated rings. The van der Waals surface area contributed by atoms with E-state index >= 15 is 0 Å². The number of carbonyl (C=O) groups excluding carboxylic acids is 2. The van der Waals surface area contributed by atoms with Gasteiger partial charge in [-0.05, 0) is 11.8 Å². The lowest BCUT2D eigenvalue weighted by Gasteiger charge is -2.35. The molecule has 0 aliphatic heterocycles. The summed E-state index contributed by atoms with van der Waals surface area (Å²) >= 11 is 0. The van der Waals surface area contributed by atoms with Gasteiger partial charge in [-0.25, -0.2) is 20.4 Å². The van der Waals surface area contributed by atoms with Crippen LogP contribution in [-0.2, 0) is 9.59 Å². The van der Waals surface area contributed by atoms with Crippen molar-refractivity contribution < 1.29 is 9.59 Å². The summed E-state index contributed by atoms with van der Waals surface area (Å²) in [5, 5.41) is 10.8. The molecule has 0 radical (unpaired) electrons. The monoisotopic (exact) mass is 224 g/mol. The van der Waals surface area contributed by atoms with Gasteiger partial charge in [-0.1, -0.05) is 51.4 Å². The van der Waals surface area contributed by atoms with E-state index in [1.165, 1.54) is 25.7 Å². The SMILES string of the molecule is C1CCC2CCCCC2C1.N=C=O.N=C=O. The van der Waals surface area contributed by atoms with Gasteiger partial charge in [0.15, 0.2) is 0 Å². The van der Waals surface area contributed by atoms with E-state index in [4.69, 9.17) is 20.4 Å². The summed E-state index contributed by atoms with van der Waals surface area (Å²) in [5.74, 6) is 2.31. The second-order valence-electron chi connectivity index (χ2n) is 4.29. The fourth-order valence-electron chi connectivity index (χ4n) is 2.86. The Morgan fingerprint density at radius 3 is 1.06 bits per heavy atom. The van der Waals surface area contributed by atoms with Gasteiger partial charge in [-0.15, -0.1) is 0 Å². The van der Waals surface area contributed by atoms with Crippen molar-refractivity contribution in [2.45, 2.75) is 51.4 Å². The first-order chi connectivity index (χ1) is 7.79. The maximum atomic E-state index is 8.35. The molecule has 0 spiro atoms. The van der Waals surface area contributed by atoms with E-state index < -0.39 is 0 Å². The maximum absolute atomic E-state index is 8.35. The zero-order valence-electron chi connectivity index (χ0n) is 9.63. The molecule has 0 saturated heterocycles. The molecule has 0 unspecified atom stereocenters. The highest BCUT2D eigenvalue weighted by molar-refractivity contribution is 5.26. The van der Waals surface area contributed by atoms with Gasteiger partial charge in [0.2, 0.25) is 12.2 Å². The van der Waals surface area contributed by atoms with Gasteiger partial charge in [0.05, 0.1) is 0 Å². The molecule has 0 aromatic carbocycles. The Labute approximate surface area is 96.4 Å². The van der Waals surface area contributed by atoms with Crippen LogP contribution in [-0.4, -0.2) is 12.2 Å². The van der Waals surface area contributed by atoms with Crippen LogP contribution in [0, 0.1) is 22.7 Å². The Morgan fingerprint density at radius 1 is 0.688 bits per heavy atom. The molecule has 2 N–H and O–H groups in total. The van der Waals surface area contributed by atoms with Crippen molar-refractivity contribution in [2.24, 2.45) is 11.8 Å². The number of hydrogen-bond acceptors (Lipinski definition) is 4. The maximum Gasteiger partial charge on any atom is 0.231 e. The van der Waals surface area contributed by atoms with Gasteiger partial charge in [0, 0.05) is 0 Å². The lowest BCUT2D eigenvalue weighted by atomic mass is 9.71. The van der Waals surface area contributed by atoms with E-state index in [1.807, 2.05) is 0 Å². The van der Waals surface area contributed by atoms with Crippen LogP contribution < -0.4 is 0 Å². The van der Waals surface area contributed by atoms with E-state index in [-0.39, 0.29) is 0 Å². The van der Waals surface area contributed by atoms with Gasteiger partial charge in [-0.3, -0.25) is 0 Å². The summed E-state index contributed by atoms with van der Waals surface area (Å²) < 4.78 is 0. The first-order valence-electron chi connectivity index (χ1n) is 5.87. The number of fused-ring (bicyclic) bond motifs is 1. The Hall–Kier alpha value is -1.24. The molecule has 0 heterocycles. The normalized spacial score (nSPS) is 26.5. The van der Waals surface area contributed by atoms with Crippen molar-refractivity contribution >= 4 is 12.2 Å². The summed E-state index contributed by atoms with van der Waals surface area (Å²) in [7, 11) is 0. The summed E-state index contributed by atoms with van der Waals surface area (Å²) in [5.41, 5.74) is 0. The number of isocyanates is 2. The molecular formula is C12H20N2O2. The van der Waals surface area contributed by atoms with Gasteiger partial charge in [-0.2, -0.15) is 0 Å². The Morgan fingerprint density at radius 2 is 0.875 bits per heavy atom.